The summed E-state index contributed by atoms with van der Waals surface area (Å²) in [5, 5.41) is 11.7. The van der Waals surface area contributed by atoms with Crippen LogP contribution < -0.4 is 5.32 Å². The minimum Gasteiger partial charge on any atom is -0.344 e. The van der Waals surface area contributed by atoms with E-state index >= 15 is 0 Å². The zero-order chi connectivity index (χ0) is 14.8. The first kappa shape index (κ1) is 14.7. The highest BCUT2D eigenvalue weighted by Gasteiger charge is 2.21. The van der Waals surface area contributed by atoms with Gasteiger partial charge in [-0.3, -0.25) is 9.89 Å². The van der Waals surface area contributed by atoms with E-state index in [2.05, 4.69) is 33.5 Å². The summed E-state index contributed by atoms with van der Waals surface area (Å²) in [6.07, 6.45) is 0.976. The van der Waals surface area contributed by atoms with Crippen molar-refractivity contribution in [1.82, 2.24) is 20.5 Å². The molecule has 0 atom stereocenters. The monoisotopic (exact) mass is 292 g/mol. The number of nitrogens with zero attached hydrogens (tertiary/aromatic N) is 2. The molecule has 2 rings (SSSR count). The molecule has 6 heteroatoms. The number of amides is 1. The Bertz CT molecular complexity index is 594. The SMILES string of the molecule is CCc1ccsc1CNC(=O)c1n[nH]c(C(C)(C)C)n1. The van der Waals surface area contributed by atoms with E-state index in [1.165, 1.54) is 10.4 Å². The van der Waals surface area contributed by atoms with Crippen molar-refractivity contribution in [2.45, 2.75) is 46.1 Å². The molecule has 2 heterocycles. The molecule has 0 unspecified atom stereocenters. The molecular weight excluding hydrogens is 272 g/mol. The number of carbonyl (C=O) groups is 1. The van der Waals surface area contributed by atoms with Crippen molar-refractivity contribution in [1.29, 1.82) is 0 Å². The van der Waals surface area contributed by atoms with Crippen LogP contribution in [0.15, 0.2) is 11.4 Å². The second-order valence-electron chi connectivity index (χ2n) is 5.66. The average molecular weight is 292 g/mol. The number of carbonyl (C=O) groups excluding carboxylic acids is 1. The summed E-state index contributed by atoms with van der Waals surface area (Å²) in [5.74, 6) is 0.671. The van der Waals surface area contributed by atoms with Crippen LogP contribution in [-0.2, 0) is 18.4 Å². The number of nitrogens with one attached hydrogen (secondary N) is 2. The Kier molecular flexibility index (Phi) is 4.23. The van der Waals surface area contributed by atoms with E-state index in [9.17, 15) is 4.79 Å². The number of hydrogen-bond donors (Lipinski definition) is 2. The van der Waals surface area contributed by atoms with Gasteiger partial charge in [0, 0.05) is 10.3 Å². The summed E-state index contributed by atoms with van der Waals surface area (Å²) < 4.78 is 0. The first-order valence-electron chi connectivity index (χ1n) is 6.68. The first-order valence-corrected chi connectivity index (χ1v) is 7.56. The van der Waals surface area contributed by atoms with Crippen molar-refractivity contribution in [3.05, 3.63) is 33.5 Å². The van der Waals surface area contributed by atoms with Crippen LogP contribution in [0.4, 0.5) is 0 Å². The lowest BCUT2D eigenvalue weighted by molar-refractivity contribution is 0.0941. The lowest BCUT2D eigenvalue weighted by Gasteiger charge is -2.12. The molecule has 0 radical (unpaired) electrons. The van der Waals surface area contributed by atoms with Crippen LogP contribution >= 0.6 is 11.3 Å². The van der Waals surface area contributed by atoms with Crippen LogP contribution in [0.5, 0.6) is 0 Å². The van der Waals surface area contributed by atoms with Gasteiger partial charge in [0.25, 0.3) is 5.91 Å². The molecule has 0 spiro atoms. The molecule has 0 saturated heterocycles. The number of aromatic amines is 1. The Balaban J connectivity index is 2.00. The lowest BCUT2D eigenvalue weighted by atomic mass is 9.96. The number of thiophene rings is 1. The summed E-state index contributed by atoms with van der Waals surface area (Å²) in [6.45, 7) is 8.70. The van der Waals surface area contributed by atoms with Gasteiger partial charge in [-0.2, -0.15) is 0 Å². The fourth-order valence-electron chi connectivity index (χ4n) is 1.78. The van der Waals surface area contributed by atoms with Crippen molar-refractivity contribution in [2.75, 3.05) is 0 Å². The van der Waals surface area contributed by atoms with E-state index in [1.54, 1.807) is 11.3 Å². The van der Waals surface area contributed by atoms with Gasteiger partial charge in [-0.1, -0.05) is 27.7 Å². The Labute approximate surface area is 122 Å². The maximum absolute atomic E-state index is 12.0. The molecule has 0 aliphatic carbocycles. The highest BCUT2D eigenvalue weighted by molar-refractivity contribution is 7.10. The van der Waals surface area contributed by atoms with Crippen molar-refractivity contribution in [3.8, 4) is 0 Å². The second-order valence-corrected chi connectivity index (χ2v) is 6.66. The Morgan fingerprint density at radius 1 is 1.45 bits per heavy atom. The fraction of sp³-hybridized carbons (Fsp3) is 0.500. The Hall–Kier alpha value is -1.69. The molecule has 0 aromatic carbocycles. The van der Waals surface area contributed by atoms with Crippen molar-refractivity contribution < 1.29 is 4.79 Å². The molecule has 0 saturated carbocycles. The van der Waals surface area contributed by atoms with Crippen molar-refractivity contribution in [2.24, 2.45) is 0 Å². The summed E-state index contributed by atoms with van der Waals surface area (Å²) in [5.41, 5.74) is 1.13. The lowest BCUT2D eigenvalue weighted by Crippen LogP contribution is -2.24. The zero-order valence-corrected chi connectivity index (χ0v) is 13.1. The van der Waals surface area contributed by atoms with Crippen molar-refractivity contribution >= 4 is 17.2 Å². The third kappa shape index (κ3) is 3.25. The normalized spacial score (nSPS) is 11.6. The predicted octanol–water partition coefficient (Wildman–Crippen LogP) is 2.66. The highest BCUT2D eigenvalue weighted by Crippen LogP contribution is 2.18. The largest absolute Gasteiger partial charge is 0.344 e. The van der Waals surface area contributed by atoms with Gasteiger partial charge >= 0.3 is 0 Å². The van der Waals surface area contributed by atoms with E-state index in [0.29, 0.717) is 12.4 Å². The summed E-state index contributed by atoms with van der Waals surface area (Å²) in [7, 11) is 0. The van der Waals surface area contributed by atoms with Gasteiger partial charge < -0.3 is 5.32 Å². The molecule has 2 N–H and O–H groups in total. The smallest absolute Gasteiger partial charge is 0.291 e. The molecule has 1 amide bonds. The molecule has 0 aliphatic rings. The van der Waals surface area contributed by atoms with Crippen LogP contribution in [0.1, 0.15) is 54.6 Å². The van der Waals surface area contributed by atoms with Crippen LogP contribution in [0, 0.1) is 0 Å². The average Bonchev–Trinajstić information content (AvgIpc) is 3.03. The maximum Gasteiger partial charge on any atom is 0.291 e. The van der Waals surface area contributed by atoms with Gasteiger partial charge in [0.15, 0.2) is 0 Å². The Morgan fingerprint density at radius 3 is 2.80 bits per heavy atom. The minimum absolute atomic E-state index is 0.144. The number of aromatic nitrogens is 3. The molecule has 2 aromatic rings. The topological polar surface area (TPSA) is 70.7 Å². The second kappa shape index (κ2) is 5.75. The van der Waals surface area contributed by atoms with Crippen LogP contribution in [0.2, 0.25) is 0 Å². The Morgan fingerprint density at radius 2 is 2.20 bits per heavy atom. The van der Waals surface area contributed by atoms with E-state index in [-0.39, 0.29) is 17.1 Å². The third-order valence-corrected chi connectivity index (χ3v) is 3.99. The molecular formula is C14H20N4OS. The van der Waals surface area contributed by atoms with Gasteiger partial charge in [-0.15, -0.1) is 16.4 Å². The van der Waals surface area contributed by atoms with Crippen LogP contribution in [0.25, 0.3) is 0 Å². The van der Waals surface area contributed by atoms with E-state index in [0.717, 1.165) is 6.42 Å². The molecule has 0 aliphatic heterocycles. The summed E-state index contributed by atoms with van der Waals surface area (Å²) in [6, 6.07) is 2.09. The van der Waals surface area contributed by atoms with Crippen molar-refractivity contribution in [3.63, 3.8) is 0 Å². The standard InChI is InChI=1S/C14H20N4OS/c1-5-9-6-7-20-10(9)8-15-12(19)11-16-13(18-17-11)14(2,3)4/h6-7H,5,8H2,1-4H3,(H,15,19)(H,16,17,18). The first-order chi connectivity index (χ1) is 9.41. The van der Waals surface area contributed by atoms with Gasteiger partial charge in [0.2, 0.25) is 5.82 Å². The molecule has 0 fully saturated rings. The summed E-state index contributed by atoms with van der Waals surface area (Å²) in [4.78, 5) is 17.5. The van der Waals surface area contributed by atoms with Crippen LogP contribution in [0.3, 0.4) is 0 Å². The van der Waals surface area contributed by atoms with Crippen LogP contribution in [-0.4, -0.2) is 21.1 Å². The molecule has 108 valence electrons. The number of rotatable bonds is 4. The number of aryl methyl sites for hydroxylation is 1. The summed E-state index contributed by atoms with van der Waals surface area (Å²) >= 11 is 1.66. The van der Waals surface area contributed by atoms with Gasteiger partial charge in [-0.05, 0) is 23.4 Å². The fourth-order valence-corrected chi connectivity index (χ4v) is 2.69. The quantitative estimate of drug-likeness (QED) is 0.910. The minimum atomic E-state index is -0.243. The van der Waals surface area contributed by atoms with E-state index in [1.807, 2.05) is 26.2 Å². The zero-order valence-electron chi connectivity index (χ0n) is 12.3. The van der Waals surface area contributed by atoms with Gasteiger partial charge in [0.1, 0.15) is 5.82 Å². The van der Waals surface area contributed by atoms with E-state index < -0.39 is 0 Å². The van der Waals surface area contributed by atoms with Gasteiger partial charge in [-0.25, -0.2) is 4.98 Å². The highest BCUT2D eigenvalue weighted by atomic mass is 32.1. The molecule has 0 bridgehead atoms. The molecule has 2 aromatic heterocycles. The maximum atomic E-state index is 12.0. The molecule has 20 heavy (non-hydrogen) atoms. The number of H-pyrrole nitrogens is 1. The molecule has 5 nitrogen and oxygen atoms in total. The third-order valence-electron chi connectivity index (χ3n) is 3.03. The number of hydrogen-bond acceptors (Lipinski definition) is 4. The van der Waals surface area contributed by atoms with E-state index in [4.69, 9.17) is 0 Å². The predicted molar refractivity (Wildman–Crippen MR) is 79.9 cm³/mol. The van der Waals surface area contributed by atoms with Gasteiger partial charge in [0.05, 0.1) is 6.54 Å².